The van der Waals surface area contributed by atoms with Crippen LogP contribution in [-0.2, 0) is 11.3 Å². The number of carbonyl (C=O) groups is 1. The van der Waals surface area contributed by atoms with Crippen molar-refractivity contribution >= 4 is 39.5 Å². The standard InChI is InChI=1S/C22H20N2O2S.Na/c25-21(26)13-6-14-27-22-23-19-11-3-4-12-20(19)24(22)15-17-9-5-8-16-7-1-2-10-18(16)17;/h1-5,7-12H,6,13-15H2,(H,25,26);/q;+1/p-1. The summed E-state index contributed by atoms with van der Waals surface area (Å²) in [6.07, 6.45) is 0.654. The molecule has 0 radical (unpaired) electrons. The Kier molecular flexibility index (Phi) is 7.18. The Morgan fingerprint density at radius 3 is 2.61 bits per heavy atom. The minimum absolute atomic E-state index is 0. The summed E-state index contributed by atoms with van der Waals surface area (Å²) >= 11 is 1.60. The van der Waals surface area contributed by atoms with Crippen LogP contribution in [0.4, 0.5) is 0 Å². The minimum atomic E-state index is -1.00. The van der Waals surface area contributed by atoms with Crippen LogP contribution in [0.5, 0.6) is 0 Å². The fourth-order valence-electron chi connectivity index (χ4n) is 3.30. The van der Waals surface area contributed by atoms with Crippen molar-refractivity contribution in [1.82, 2.24) is 9.55 Å². The monoisotopic (exact) mass is 398 g/mol. The fourth-order valence-corrected chi connectivity index (χ4v) is 4.25. The van der Waals surface area contributed by atoms with E-state index in [4.69, 9.17) is 4.98 Å². The molecule has 3 aromatic carbocycles. The Labute approximate surface area is 190 Å². The van der Waals surface area contributed by atoms with E-state index in [9.17, 15) is 9.90 Å². The van der Waals surface area contributed by atoms with Gasteiger partial charge in [0.2, 0.25) is 0 Å². The van der Waals surface area contributed by atoms with Crippen molar-refractivity contribution in [3.05, 3.63) is 72.3 Å². The number of carboxylic acids is 1. The number of para-hydroxylation sites is 2. The summed E-state index contributed by atoms with van der Waals surface area (Å²) in [7, 11) is 0. The van der Waals surface area contributed by atoms with E-state index >= 15 is 0 Å². The van der Waals surface area contributed by atoms with Gasteiger partial charge in [-0.2, -0.15) is 0 Å². The van der Waals surface area contributed by atoms with Crippen LogP contribution in [0.2, 0.25) is 0 Å². The molecule has 0 aliphatic rings. The van der Waals surface area contributed by atoms with Gasteiger partial charge in [-0.15, -0.1) is 0 Å². The molecule has 0 spiro atoms. The second kappa shape index (κ2) is 9.61. The van der Waals surface area contributed by atoms with Crippen molar-refractivity contribution in [3.63, 3.8) is 0 Å². The number of fused-ring (bicyclic) bond motifs is 2. The predicted molar refractivity (Wildman–Crippen MR) is 108 cm³/mol. The van der Waals surface area contributed by atoms with E-state index in [1.165, 1.54) is 16.3 Å². The summed E-state index contributed by atoms with van der Waals surface area (Å²) in [5.41, 5.74) is 3.29. The number of aromatic nitrogens is 2. The number of benzene rings is 3. The summed E-state index contributed by atoms with van der Waals surface area (Å²) in [4.78, 5) is 15.4. The van der Waals surface area contributed by atoms with Crippen LogP contribution in [0.1, 0.15) is 18.4 Å². The first-order chi connectivity index (χ1) is 13.2. The van der Waals surface area contributed by atoms with Crippen LogP contribution in [-0.4, -0.2) is 21.3 Å². The van der Waals surface area contributed by atoms with Crippen LogP contribution < -0.4 is 34.7 Å². The molecular weight excluding hydrogens is 379 g/mol. The second-order valence-electron chi connectivity index (χ2n) is 6.43. The van der Waals surface area contributed by atoms with Crippen molar-refractivity contribution in [2.75, 3.05) is 5.75 Å². The van der Waals surface area contributed by atoms with E-state index in [1.54, 1.807) is 11.8 Å². The summed E-state index contributed by atoms with van der Waals surface area (Å²) in [6.45, 7) is 0.727. The van der Waals surface area contributed by atoms with E-state index < -0.39 is 5.97 Å². The van der Waals surface area contributed by atoms with Crippen molar-refractivity contribution in [1.29, 1.82) is 0 Å². The smallest absolute Gasteiger partial charge is 0.550 e. The van der Waals surface area contributed by atoms with Crippen LogP contribution in [0.25, 0.3) is 21.8 Å². The summed E-state index contributed by atoms with van der Waals surface area (Å²) in [5.74, 6) is -0.299. The zero-order chi connectivity index (χ0) is 18.6. The Morgan fingerprint density at radius 2 is 1.75 bits per heavy atom. The SMILES string of the molecule is O=C([O-])CCCSc1nc2ccccc2n1Cc1cccc2ccccc12.[Na+]. The van der Waals surface area contributed by atoms with Crippen LogP contribution >= 0.6 is 11.8 Å². The first-order valence-corrected chi connectivity index (χ1v) is 9.95. The molecule has 136 valence electrons. The third kappa shape index (κ3) is 4.61. The first kappa shape index (κ1) is 20.9. The second-order valence-corrected chi connectivity index (χ2v) is 7.49. The predicted octanol–water partition coefficient (Wildman–Crippen LogP) is 0.864. The van der Waals surface area contributed by atoms with Gasteiger partial charge >= 0.3 is 29.6 Å². The van der Waals surface area contributed by atoms with Crippen LogP contribution in [0, 0.1) is 0 Å². The molecular formula is C22H19N2NaO2S. The molecule has 0 unspecified atom stereocenters. The maximum Gasteiger partial charge on any atom is 1.00 e. The molecule has 1 aromatic heterocycles. The maximum atomic E-state index is 10.6. The van der Waals surface area contributed by atoms with E-state index in [2.05, 4.69) is 53.1 Å². The zero-order valence-corrected chi connectivity index (χ0v) is 18.6. The van der Waals surface area contributed by atoms with E-state index in [-0.39, 0.29) is 36.0 Å². The van der Waals surface area contributed by atoms with Gasteiger partial charge in [0.05, 0.1) is 17.6 Å². The number of hydrogen-bond acceptors (Lipinski definition) is 4. The normalized spacial score (nSPS) is 10.9. The summed E-state index contributed by atoms with van der Waals surface area (Å²) in [6, 6.07) is 22.9. The molecule has 4 aromatic rings. The minimum Gasteiger partial charge on any atom is -0.550 e. The molecule has 0 atom stereocenters. The fraction of sp³-hybridized carbons (Fsp3) is 0.182. The Hall–Kier alpha value is -1.79. The molecule has 0 saturated carbocycles. The van der Waals surface area contributed by atoms with E-state index in [0.29, 0.717) is 12.2 Å². The Morgan fingerprint density at radius 1 is 1.00 bits per heavy atom. The molecule has 6 heteroatoms. The number of imidazole rings is 1. The van der Waals surface area contributed by atoms with Gasteiger partial charge in [-0.1, -0.05) is 66.4 Å². The molecule has 0 amide bonds. The average molecular weight is 398 g/mol. The molecule has 0 bridgehead atoms. The Balaban J connectivity index is 0.00000225. The summed E-state index contributed by atoms with van der Waals surface area (Å²) in [5, 5.41) is 14.0. The van der Waals surface area contributed by atoms with Crippen molar-refractivity contribution in [2.24, 2.45) is 0 Å². The van der Waals surface area contributed by atoms with Crippen LogP contribution in [0.15, 0.2) is 71.9 Å². The maximum absolute atomic E-state index is 10.6. The van der Waals surface area contributed by atoms with Gasteiger partial charge in [0.15, 0.2) is 5.16 Å². The number of rotatable bonds is 7. The van der Waals surface area contributed by atoms with Gasteiger partial charge in [-0.3, -0.25) is 0 Å². The van der Waals surface area contributed by atoms with Crippen molar-refractivity contribution < 1.29 is 39.5 Å². The van der Waals surface area contributed by atoms with Gasteiger partial charge in [-0.05, 0) is 41.3 Å². The zero-order valence-electron chi connectivity index (χ0n) is 15.8. The average Bonchev–Trinajstić information content (AvgIpc) is 3.03. The largest absolute Gasteiger partial charge is 1.00 e. The quantitative estimate of drug-likeness (QED) is 0.263. The number of thioether (sulfide) groups is 1. The molecule has 4 nitrogen and oxygen atoms in total. The molecule has 0 saturated heterocycles. The number of carboxylic acid groups (broad SMARTS) is 1. The molecule has 28 heavy (non-hydrogen) atoms. The molecule has 0 fully saturated rings. The summed E-state index contributed by atoms with van der Waals surface area (Å²) < 4.78 is 2.22. The third-order valence-electron chi connectivity index (χ3n) is 4.58. The molecule has 1 heterocycles. The van der Waals surface area contributed by atoms with Crippen molar-refractivity contribution in [2.45, 2.75) is 24.5 Å². The molecule has 0 aliphatic heterocycles. The van der Waals surface area contributed by atoms with E-state index in [0.717, 1.165) is 22.7 Å². The van der Waals surface area contributed by atoms with Gasteiger partial charge in [0.25, 0.3) is 0 Å². The molecule has 0 aliphatic carbocycles. The van der Waals surface area contributed by atoms with E-state index in [1.807, 2.05) is 18.2 Å². The van der Waals surface area contributed by atoms with Gasteiger partial charge in [0, 0.05) is 11.7 Å². The number of aliphatic carboxylic acids is 1. The number of hydrogen-bond donors (Lipinski definition) is 0. The van der Waals surface area contributed by atoms with Crippen molar-refractivity contribution in [3.8, 4) is 0 Å². The Bertz CT molecular complexity index is 1100. The third-order valence-corrected chi connectivity index (χ3v) is 5.65. The van der Waals surface area contributed by atoms with Gasteiger partial charge in [-0.25, -0.2) is 4.98 Å². The first-order valence-electron chi connectivity index (χ1n) is 8.97. The van der Waals surface area contributed by atoms with Gasteiger partial charge in [0.1, 0.15) is 0 Å². The molecule has 0 N–H and O–H groups in total. The van der Waals surface area contributed by atoms with Crippen LogP contribution in [0.3, 0.4) is 0 Å². The number of nitrogens with zero attached hydrogens (tertiary/aromatic N) is 2. The number of carbonyl (C=O) groups excluding carboxylic acids is 1. The topological polar surface area (TPSA) is 57.9 Å². The molecule has 4 rings (SSSR count). The van der Waals surface area contributed by atoms with Gasteiger partial charge < -0.3 is 14.5 Å².